The van der Waals surface area contributed by atoms with Crippen LogP contribution in [0.15, 0.2) is 17.0 Å². The second kappa shape index (κ2) is 10.9. The Kier molecular flexibility index (Phi) is 9.69. The van der Waals surface area contributed by atoms with Crippen LogP contribution in [-0.4, -0.2) is 41.7 Å². The lowest BCUT2D eigenvalue weighted by atomic mass is 10.2. The molecule has 0 unspecified atom stereocenters. The van der Waals surface area contributed by atoms with E-state index in [2.05, 4.69) is 37.2 Å². The lowest BCUT2D eigenvalue weighted by Gasteiger charge is -2.16. The number of nitro groups is 1. The smallest absolute Gasteiger partial charge is 0.298 e. The summed E-state index contributed by atoms with van der Waals surface area (Å²) in [6, 6.07) is 2.02. The van der Waals surface area contributed by atoms with E-state index in [9.17, 15) is 23.1 Å². The van der Waals surface area contributed by atoms with Gasteiger partial charge in [0.15, 0.2) is 5.75 Å². The summed E-state index contributed by atoms with van der Waals surface area (Å²) < 4.78 is 38.3. The number of alkyl halides is 2. The van der Waals surface area contributed by atoms with E-state index in [-0.39, 0.29) is 18.0 Å². The number of anilines is 1. The van der Waals surface area contributed by atoms with E-state index in [0.717, 1.165) is 36.0 Å². The molecule has 142 valence electrons. The number of nitro benzene ring substituents is 1. The van der Waals surface area contributed by atoms with Gasteiger partial charge in [0.1, 0.15) is 4.90 Å². The van der Waals surface area contributed by atoms with E-state index in [1.807, 2.05) is 0 Å². The lowest BCUT2D eigenvalue weighted by Crippen LogP contribution is -2.11. The first-order chi connectivity index (χ1) is 11.8. The number of nitrogens with zero attached hydrogens (tertiary/aromatic N) is 1. The standard InChI is InChI=1S/C14H20Br2N2O6S/c15-5-1-3-7-17-12-9-11(18(19)20)10-13(25(21,22)23)14(12)24-8-4-2-6-16/h9-10,17H,1-8H2,(H,21,22,23). The fourth-order valence-corrected chi connectivity index (χ4v) is 3.44. The predicted molar refractivity (Wildman–Crippen MR) is 103 cm³/mol. The van der Waals surface area contributed by atoms with Gasteiger partial charge in [-0.15, -0.1) is 0 Å². The lowest BCUT2D eigenvalue weighted by molar-refractivity contribution is -0.385. The van der Waals surface area contributed by atoms with Crippen molar-refractivity contribution in [1.82, 2.24) is 0 Å². The summed E-state index contributed by atoms with van der Waals surface area (Å²) in [5.41, 5.74) is -0.265. The number of halogens is 2. The fraction of sp³-hybridized carbons (Fsp3) is 0.571. The Hall–Kier alpha value is -0.910. The summed E-state index contributed by atoms with van der Waals surface area (Å²) in [6.07, 6.45) is 3.14. The number of nitrogens with one attached hydrogen (secondary N) is 1. The van der Waals surface area contributed by atoms with Crippen molar-refractivity contribution in [3.8, 4) is 5.75 Å². The largest absolute Gasteiger partial charge is 0.490 e. The molecule has 0 aliphatic carbocycles. The third-order valence-electron chi connectivity index (χ3n) is 3.18. The van der Waals surface area contributed by atoms with Crippen LogP contribution in [0.25, 0.3) is 0 Å². The summed E-state index contributed by atoms with van der Waals surface area (Å²) in [6.45, 7) is 0.706. The van der Waals surface area contributed by atoms with Crippen molar-refractivity contribution in [3.63, 3.8) is 0 Å². The van der Waals surface area contributed by atoms with Gasteiger partial charge in [0.25, 0.3) is 15.8 Å². The van der Waals surface area contributed by atoms with Crippen LogP contribution < -0.4 is 10.1 Å². The number of rotatable bonds is 12. The highest BCUT2D eigenvalue weighted by molar-refractivity contribution is 9.09. The quantitative estimate of drug-likeness (QED) is 0.145. The van der Waals surface area contributed by atoms with E-state index >= 15 is 0 Å². The van der Waals surface area contributed by atoms with E-state index in [0.29, 0.717) is 13.0 Å². The molecule has 25 heavy (non-hydrogen) atoms. The molecule has 0 aromatic heterocycles. The molecule has 0 saturated carbocycles. The molecule has 0 aliphatic rings. The van der Waals surface area contributed by atoms with Gasteiger partial charge in [0, 0.05) is 29.3 Å². The van der Waals surface area contributed by atoms with E-state index < -0.39 is 25.6 Å². The highest BCUT2D eigenvalue weighted by Crippen LogP contribution is 2.37. The molecule has 0 bridgehead atoms. The minimum atomic E-state index is -4.68. The van der Waals surface area contributed by atoms with E-state index in [4.69, 9.17) is 4.74 Å². The van der Waals surface area contributed by atoms with E-state index in [1.54, 1.807) is 0 Å². The van der Waals surface area contributed by atoms with Crippen LogP contribution in [-0.2, 0) is 10.1 Å². The number of hydrogen-bond acceptors (Lipinski definition) is 6. The predicted octanol–water partition coefficient (Wildman–Crippen LogP) is 3.98. The Morgan fingerprint density at radius 1 is 1.16 bits per heavy atom. The van der Waals surface area contributed by atoms with Crippen LogP contribution in [0.5, 0.6) is 5.75 Å². The maximum absolute atomic E-state index is 11.7. The van der Waals surface area contributed by atoms with Crippen LogP contribution in [0.3, 0.4) is 0 Å². The summed E-state index contributed by atoms with van der Waals surface area (Å²) in [5, 5.41) is 15.6. The minimum absolute atomic E-state index is 0.0958. The molecule has 0 amide bonds. The second-order valence-electron chi connectivity index (χ2n) is 5.12. The van der Waals surface area contributed by atoms with Gasteiger partial charge in [-0.2, -0.15) is 8.42 Å². The van der Waals surface area contributed by atoms with Crippen LogP contribution in [0, 0.1) is 10.1 Å². The Labute approximate surface area is 163 Å². The molecule has 1 aromatic rings. The van der Waals surface area contributed by atoms with Crippen LogP contribution in [0.4, 0.5) is 11.4 Å². The highest BCUT2D eigenvalue weighted by atomic mass is 79.9. The number of non-ortho nitro benzene ring substituents is 1. The van der Waals surface area contributed by atoms with Gasteiger partial charge in [-0.3, -0.25) is 14.7 Å². The van der Waals surface area contributed by atoms with Crippen LogP contribution in [0.1, 0.15) is 25.7 Å². The van der Waals surface area contributed by atoms with Crippen LogP contribution >= 0.6 is 31.9 Å². The van der Waals surface area contributed by atoms with Gasteiger partial charge in [-0.25, -0.2) is 0 Å². The molecule has 1 rings (SSSR count). The molecule has 0 spiro atoms. The number of benzene rings is 1. The molecule has 0 atom stereocenters. The number of ether oxygens (including phenoxy) is 1. The summed E-state index contributed by atoms with van der Waals surface area (Å²) >= 11 is 6.60. The maximum Gasteiger partial charge on any atom is 0.298 e. The zero-order chi connectivity index (χ0) is 18.9. The first kappa shape index (κ1) is 22.1. The monoisotopic (exact) mass is 502 g/mol. The van der Waals surface area contributed by atoms with Gasteiger partial charge in [-0.1, -0.05) is 31.9 Å². The fourth-order valence-electron chi connectivity index (χ4n) is 1.98. The normalized spacial score (nSPS) is 11.3. The van der Waals surface area contributed by atoms with Gasteiger partial charge in [-0.05, 0) is 25.7 Å². The van der Waals surface area contributed by atoms with Crippen LogP contribution in [0.2, 0.25) is 0 Å². The first-order valence-corrected chi connectivity index (χ1v) is 11.3. The maximum atomic E-state index is 11.7. The van der Waals surface area contributed by atoms with Crippen molar-refractivity contribution in [2.45, 2.75) is 30.6 Å². The van der Waals surface area contributed by atoms with Gasteiger partial charge < -0.3 is 10.1 Å². The van der Waals surface area contributed by atoms with Crippen molar-refractivity contribution in [2.24, 2.45) is 0 Å². The topological polar surface area (TPSA) is 119 Å². The average molecular weight is 504 g/mol. The van der Waals surface area contributed by atoms with Crippen molar-refractivity contribution >= 4 is 53.4 Å². The Morgan fingerprint density at radius 3 is 2.36 bits per heavy atom. The molecule has 0 saturated heterocycles. The molecule has 0 heterocycles. The molecule has 1 aromatic carbocycles. The Balaban J connectivity index is 3.21. The average Bonchev–Trinajstić information content (AvgIpc) is 2.54. The van der Waals surface area contributed by atoms with Crippen molar-refractivity contribution < 1.29 is 22.6 Å². The summed E-state index contributed by atoms with van der Waals surface area (Å²) in [7, 11) is -4.68. The van der Waals surface area contributed by atoms with Gasteiger partial charge >= 0.3 is 0 Å². The molecule has 0 aliphatic heterocycles. The van der Waals surface area contributed by atoms with Gasteiger partial charge in [0.2, 0.25) is 0 Å². The zero-order valence-corrected chi connectivity index (χ0v) is 17.4. The summed E-state index contributed by atoms with van der Waals surface area (Å²) in [5.74, 6) is -0.0958. The molecule has 11 heteroatoms. The van der Waals surface area contributed by atoms with E-state index in [1.165, 1.54) is 6.07 Å². The third-order valence-corrected chi connectivity index (χ3v) is 5.16. The SMILES string of the molecule is O=[N+]([O-])c1cc(NCCCCBr)c(OCCCCBr)c(S(=O)(=O)O)c1. The van der Waals surface area contributed by atoms with Crippen molar-refractivity contribution in [2.75, 3.05) is 29.1 Å². The zero-order valence-electron chi connectivity index (χ0n) is 13.4. The Bertz CT molecular complexity index is 684. The molecule has 0 fully saturated rings. The van der Waals surface area contributed by atoms with Gasteiger partial charge in [0.05, 0.1) is 17.2 Å². The second-order valence-corrected chi connectivity index (χ2v) is 8.10. The van der Waals surface area contributed by atoms with Crippen molar-refractivity contribution in [1.29, 1.82) is 0 Å². The highest BCUT2D eigenvalue weighted by Gasteiger charge is 2.25. The minimum Gasteiger partial charge on any atom is -0.490 e. The first-order valence-electron chi connectivity index (χ1n) is 7.59. The Morgan fingerprint density at radius 2 is 1.80 bits per heavy atom. The van der Waals surface area contributed by atoms with Crippen molar-refractivity contribution in [3.05, 3.63) is 22.2 Å². The number of unbranched alkanes of at least 4 members (excludes halogenated alkanes) is 2. The summed E-state index contributed by atoms with van der Waals surface area (Å²) in [4.78, 5) is 9.75. The number of hydrogen-bond donors (Lipinski definition) is 2. The molecule has 8 nitrogen and oxygen atoms in total. The molecule has 0 radical (unpaired) electrons. The molecular weight excluding hydrogens is 484 g/mol. The molecule has 2 N–H and O–H groups in total. The third kappa shape index (κ3) is 7.47. The molecular formula is C14H20Br2N2O6S.